The van der Waals surface area contributed by atoms with E-state index in [4.69, 9.17) is 14.2 Å². The van der Waals surface area contributed by atoms with Gasteiger partial charge in [0.05, 0.1) is 21.3 Å². The van der Waals surface area contributed by atoms with Crippen LogP contribution < -0.4 is 19.5 Å². The smallest absolute Gasteiger partial charge is 0.263 e. The van der Waals surface area contributed by atoms with E-state index in [0.29, 0.717) is 22.7 Å². The molecular formula is C17H19NO4. The fourth-order valence-electron chi connectivity index (χ4n) is 2.16. The molecule has 1 amide bonds. The Bertz CT molecular complexity index is 660. The Balaban J connectivity index is 2.33. The van der Waals surface area contributed by atoms with Gasteiger partial charge >= 0.3 is 0 Å². The highest BCUT2D eigenvalue weighted by molar-refractivity contribution is 6.08. The standard InChI is InChI=1S/C17H19NO4/c1-11-10-12(20-2)8-9-13(11)18-17(19)16-14(21-3)6-5-7-15(16)22-4/h5-10H,1-4H3,(H,18,19). The van der Waals surface area contributed by atoms with Crippen molar-refractivity contribution < 1.29 is 19.0 Å². The van der Waals surface area contributed by atoms with Crippen molar-refractivity contribution in [3.05, 3.63) is 47.5 Å². The van der Waals surface area contributed by atoms with Crippen molar-refractivity contribution in [3.8, 4) is 17.2 Å². The average molecular weight is 301 g/mol. The molecule has 2 rings (SSSR count). The average Bonchev–Trinajstić information content (AvgIpc) is 2.55. The number of aryl methyl sites for hydroxylation is 1. The van der Waals surface area contributed by atoms with Gasteiger partial charge in [-0.3, -0.25) is 4.79 Å². The maximum Gasteiger partial charge on any atom is 0.263 e. The SMILES string of the molecule is COc1ccc(NC(=O)c2c(OC)cccc2OC)c(C)c1. The third kappa shape index (κ3) is 3.14. The van der Waals surface area contributed by atoms with Crippen LogP contribution in [0.3, 0.4) is 0 Å². The van der Waals surface area contributed by atoms with E-state index in [2.05, 4.69) is 5.32 Å². The fraction of sp³-hybridized carbons (Fsp3) is 0.235. The normalized spacial score (nSPS) is 10.0. The minimum absolute atomic E-state index is 0.289. The van der Waals surface area contributed by atoms with Gasteiger partial charge in [0.2, 0.25) is 0 Å². The Morgan fingerprint density at radius 3 is 2.09 bits per heavy atom. The summed E-state index contributed by atoms with van der Waals surface area (Å²) in [4.78, 5) is 12.6. The van der Waals surface area contributed by atoms with Gasteiger partial charge in [-0.15, -0.1) is 0 Å². The number of carbonyl (C=O) groups is 1. The molecule has 0 spiro atoms. The van der Waals surface area contributed by atoms with Crippen molar-refractivity contribution in [2.45, 2.75) is 6.92 Å². The number of methoxy groups -OCH3 is 3. The van der Waals surface area contributed by atoms with E-state index in [-0.39, 0.29) is 5.91 Å². The van der Waals surface area contributed by atoms with Crippen LogP contribution in [0, 0.1) is 6.92 Å². The molecule has 0 saturated carbocycles. The lowest BCUT2D eigenvalue weighted by Gasteiger charge is -2.14. The molecule has 116 valence electrons. The van der Waals surface area contributed by atoms with Gasteiger partial charge < -0.3 is 19.5 Å². The number of carbonyl (C=O) groups excluding carboxylic acids is 1. The Kier molecular flexibility index (Phi) is 4.88. The molecular weight excluding hydrogens is 282 g/mol. The molecule has 0 aliphatic rings. The second-order valence-corrected chi connectivity index (χ2v) is 4.67. The molecule has 0 bridgehead atoms. The highest BCUT2D eigenvalue weighted by Gasteiger charge is 2.18. The molecule has 22 heavy (non-hydrogen) atoms. The predicted molar refractivity (Wildman–Crippen MR) is 85.2 cm³/mol. The van der Waals surface area contributed by atoms with E-state index in [1.165, 1.54) is 14.2 Å². The van der Waals surface area contributed by atoms with Crippen molar-refractivity contribution in [3.63, 3.8) is 0 Å². The van der Waals surface area contributed by atoms with Crippen molar-refractivity contribution in [2.75, 3.05) is 26.6 Å². The minimum atomic E-state index is -0.289. The van der Waals surface area contributed by atoms with Crippen molar-refractivity contribution in [1.82, 2.24) is 0 Å². The second kappa shape index (κ2) is 6.85. The summed E-state index contributed by atoms with van der Waals surface area (Å²) in [5.74, 6) is 1.37. The van der Waals surface area contributed by atoms with Crippen molar-refractivity contribution in [1.29, 1.82) is 0 Å². The predicted octanol–water partition coefficient (Wildman–Crippen LogP) is 3.27. The molecule has 0 atom stereocenters. The number of anilines is 1. The highest BCUT2D eigenvalue weighted by atomic mass is 16.5. The van der Waals surface area contributed by atoms with E-state index in [1.54, 1.807) is 37.4 Å². The van der Waals surface area contributed by atoms with Crippen LogP contribution in [0.15, 0.2) is 36.4 Å². The van der Waals surface area contributed by atoms with Crippen LogP contribution in [0.2, 0.25) is 0 Å². The second-order valence-electron chi connectivity index (χ2n) is 4.67. The molecule has 0 heterocycles. The maximum absolute atomic E-state index is 12.6. The first-order valence-corrected chi connectivity index (χ1v) is 6.77. The molecule has 0 aromatic heterocycles. The largest absolute Gasteiger partial charge is 0.497 e. The molecule has 2 aromatic rings. The van der Waals surface area contributed by atoms with Crippen molar-refractivity contribution >= 4 is 11.6 Å². The summed E-state index contributed by atoms with van der Waals surface area (Å²) in [6, 6.07) is 10.7. The number of benzene rings is 2. The van der Waals surface area contributed by atoms with Crippen molar-refractivity contribution in [2.24, 2.45) is 0 Å². The summed E-state index contributed by atoms with van der Waals surface area (Å²) < 4.78 is 15.7. The zero-order chi connectivity index (χ0) is 16.1. The Morgan fingerprint density at radius 1 is 0.955 bits per heavy atom. The molecule has 0 aliphatic heterocycles. The van der Waals surface area contributed by atoms with E-state index in [0.717, 1.165) is 11.3 Å². The van der Waals surface area contributed by atoms with E-state index in [9.17, 15) is 4.79 Å². The lowest BCUT2D eigenvalue weighted by atomic mass is 10.1. The Hall–Kier alpha value is -2.69. The number of hydrogen-bond acceptors (Lipinski definition) is 4. The highest BCUT2D eigenvalue weighted by Crippen LogP contribution is 2.30. The monoisotopic (exact) mass is 301 g/mol. The van der Waals surface area contributed by atoms with Gasteiger partial charge in [-0.05, 0) is 42.8 Å². The van der Waals surface area contributed by atoms with Gasteiger partial charge in [0, 0.05) is 5.69 Å². The van der Waals surface area contributed by atoms with Crippen LogP contribution in [-0.4, -0.2) is 27.2 Å². The van der Waals surface area contributed by atoms with Gasteiger partial charge in [0.1, 0.15) is 22.8 Å². The molecule has 1 N–H and O–H groups in total. The number of nitrogens with one attached hydrogen (secondary N) is 1. The molecule has 5 heteroatoms. The summed E-state index contributed by atoms with van der Waals surface area (Å²) in [6.07, 6.45) is 0. The third-order valence-corrected chi connectivity index (χ3v) is 3.34. The molecule has 0 unspecified atom stereocenters. The molecule has 2 aromatic carbocycles. The lowest BCUT2D eigenvalue weighted by Crippen LogP contribution is -2.15. The Labute approximate surface area is 129 Å². The zero-order valence-corrected chi connectivity index (χ0v) is 13.1. The molecule has 0 radical (unpaired) electrons. The topological polar surface area (TPSA) is 56.8 Å². The van der Waals surface area contributed by atoms with Gasteiger partial charge in [0.25, 0.3) is 5.91 Å². The summed E-state index contributed by atoms with van der Waals surface area (Å²) in [6.45, 7) is 1.90. The summed E-state index contributed by atoms with van der Waals surface area (Å²) in [7, 11) is 4.64. The first kappa shape index (κ1) is 15.7. The summed E-state index contributed by atoms with van der Waals surface area (Å²) in [5, 5.41) is 2.87. The minimum Gasteiger partial charge on any atom is -0.497 e. The quantitative estimate of drug-likeness (QED) is 0.921. The van der Waals surface area contributed by atoms with Gasteiger partial charge in [-0.1, -0.05) is 6.07 Å². The van der Waals surface area contributed by atoms with Crippen LogP contribution in [0.5, 0.6) is 17.2 Å². The first-order chi connectivity index (χ1) is 10.6. The molecule has 0 fully saturated rings. The van der Waals surface area contributed by atoms with Crippen LogP contribution in [0.25, 0.3) is 0 Å². The Morgan fingerprint density at radius 2 is 1.59 bits per heavy atom. The number of rotatable bonds is 5. The number of ether oxygens (including phenoxy) is 3. The zero-order valence-electron chi connectivity index (χ0n) is 13.1. The summed E-state index contributed by atoms with van der Waals surface area (Å²) in [5.41, 5.74) is 1.98. The fourth-order valence-corrected chi connectivity index (χ4v) is 2.16. The number of hydrogen-bond donors (Lipinski definition) is 1. The molecule has 0 saturated heterocycles. The van der Waals surface area contributed by atoms with Crippen LogP contribution in [0.4, 0.5) is 5.69 Å². The van der Waals surface area contributed by atoms with Gasteiger partial charge in [-0.2, -0.15) is 0 Å². The van der Waals surface area contributed by atoms with E-state index < -0.39 is 0 Å². The first-order valence-electron chi connectivity index (χ1n) is 6.77. The molecule has 5 nitrogen and oxygen atoms in total. The summed E-state index contributed by atoms with van der Waals surface area (Å²) >= 11 is 0. The number of amides is 1. The molecule has 0 aliphatic carbocycles. The van der Waals surface area contributed by atoms with E-state index in [1.807, 2.05) is 13.0 Å². The third-order valence-electron chi connectivity index (χ3n) is 3.34. The van der Waals surface area contributed by atoms with E-state index >= 15 is 0 Å². The van der Waals surface area contributed by atoms with Gasteiger partial charge in [0.15, 0.2) is 0 Å². The van der Waals surface area contributed by atoms with Crippen LogP contribution >= 0.6 is 0 Å². The maximum atomic E-state index is 12.6. The van der Waals surface area contributed by atoms with Gasteiger partial charge in [-0.25, -0.2) is 0 Å². The van der Waals surface area contributed by atoms with Crippen LogP contribution in [-0.2, 0) is 0 Å². The van der Waals surface area contributed by atoms with Crippen LogP contribution in [0.1, 0.15) is 15.9 Å². The lowest BCUT2D eigenvalue weighted by molar-refractivity contribution is 0.102.